The van der Waals surface area contributed by atoms with E-state index in [1.165, 1.54) is 0 Å². The Morgan fingerprint density at radius 1 is 1.21 bits per heavy atom. The molecule has 24 heavy (non-hydrogen) atoms. The summed E-state index contributed by atoms with van der Waals surface area (Å²) in [4.78, 5) is 16.5. The van der Waals surface area contributed by atoms with E-state index in [1.54, 1.807) is 43.5 Å². The molecule has 0 bridgehead atoms. The zero-order valence-corrected chi connectivity index (χ0v) is 14.3. The highest BCUT2D eigenvalue weighted by Crippen LogP contribution is 2.29. The van der Waals surface area contributed by atoms with Crippen LogP contribution in [0.3, 0.4) is 0 Å². The van der Waals surface area contributed by atoms with Gasteiger partial charge in [-0.25, -0.2) is 4.98 Å². The van der Waals surface area contributed by atoms with E-state index >= 15 is 0 Å². The summed E-state index contributed by atoms with van der Waals surface area (Å²) >= 11 is 12.0. The first kappa shape index (κ1) is 16.8. The largest absolute Gasteiger partial charge is 0.436 e. The third-order valence-electron chi connectivity index (χ3n) is 3.35. The zero-order valence-electron chi connectivity index (χ0n) is 12.8. The van der Waals surface area contributed by atoms with E-state index < -0.39 is 0 Å². The summed E-state index contributed by atoms with van der Waals surface area (Å²) in [7, 11) is 1.58. The number of nitrogens with one attached hydrogen (secondary N) is 1. The summed E-state index contributed by atoms with van der Waals surface area (Å²) in [5, 5.41) is 3.75. The Labute approximate surface area is 148 Å². The van der Waals surface area contributed by atoms with E-state index in [1.807, 2.05) is 0 Å². The molecule has 0 unspecified atom stereocenters. The molecule has 7 heteroatoms. The van der Waals surface area contributed by atoms with Crippen molar-refractivity contribution in [2.45, 2.75) is 0 Å². The van der Waals surface area contributed by atoms with Gasteiger partial charge >= 0.3 is 0 Å². The van der Waals surface area contributed by atoms with Gasteiger partial charge in [0.2, 0.25) is 5.89 Å². The van der Waals surface area contributed by atoms with Crippen molar-refractivity contribution >= 4 is 40.2 Å². The summed E-state index contributed by atoms with van der Waals surface area (Å²) in [6, 6.07) is 10.2. The molecular weight excluding hydrogens is 351 g/mol. The average Bonchev–Trinajstić information content (AvgIpc) is 2.97. The van der Waals surface area contributed by atoms with Crippen molar-refractivity contribution < 1.29 is 13.9 Å². The van der Waals surface area contributed by atoms with Crippen molar-refractivity contribution in [1.29, 1.82) is 0 Å². The van der Waals surface area contributed by atoms with Gasteiger partial charge in [-0.1, -0.05) is 23.2 Å². The molecule has 5 nitrogen and oxygen atoms in total. The van der Waals surface area contributed by atoms with Crippen molar-refractivity contribution in [2.75, 3.05) is 20.3 Å². The minimum Gasteiger partial charge on any atom is -0.436 e. The lowest BCUT2D eigenvalue weighted by Crippen LogP contribution is -2.26. The number of ether oxygens (including phenoxy) is 1. The van der Waals surface area contributed by atoms with Crippen LogP contribution in [-0.4, -0.2) is 31.2 Å². The van der Waals surface area contributed by atoms with E-state index in [2.05, 4.69) is 10.3 Å². The molecule has 3 rings (SSSR count). The molecule has 0 saturated heterocycles. The van der Waals surface area contributed by atoms with Gasteiger partial charge in [-0.15, -0.1) is 0 Å². The van der Waals surface area contributed by atoms with Crippen molar-refractivity contribution in [3.05, 3.63) is 52.0 Å². The average molecular weight is 365 g/mol. The molecule has 0 spiro atoms. The van der Waals surface area contributed by atoms with Gasteiger partial charge < -0.3 is 14.5 Å². The SMILES string of the molecule is COCCNC(=O)c1ccc2nc(-c3cc(Cl)cc(Cl)c3)oc2c1. The molecule has 1 aromatic heterocycles. The maximum absolute atomic E-state index is 12.1. The Morgan fingerprint density at radius 3 is 2.67 bits per heavy atom. The van der Waals surface area contributed by atoms with Crippen LogP contribution in [0.5, 0.6) is 0 Å². The highest BCUT2D eigenvalue weighted by molar-refractivity contribution is 6.35. The summed E-state index contributed by atoms with van der Waals surface area (Å²) < 4.78 is 10.7. The van der Waals surface area contributed by atoms with Gasteiger partial charge in [0, 0.05) is 34.8 Å². The molecule has 1 amide bonds. The molecule has 2 aromatic carbocycles. The standard InChI is InChI=1S/C17H14Cl2N2O3/c1-23-5-4-20-16(22)10-2-3-14-15(8-10)24-17(21-14)11-6-12(18)9-13(19)7-11/h2-3,6-9H,4-5H2,1H3,(H,20,22). The Kier molecular flexibility index (Phi) is 5.04. The molecule has 0 atom stereocenters. The zero-order chi connectivity index (χ0) is 17.1. The predicted molar refractivity (Wildman–Crippen MR) is 93.7 cm³/mol. The third-order valence-corrected chi connectivity index (χ3v) is 3.79. The fourth-order valence-corrected chi connectivity index (χ4v) is 2.76. The molecule has 0 aliphatic heterocycles. The number of nitrogens with zero attached hydrogens (tertiary/aromatic N) is 1. The van der Waals surface area contributed by atoms with Crippen LogP contribution in [0.25, 0.3) is 22.6 Å². The number of hydrogen-bond acceptors (Lipinski definition) is 4. The fourth-order valence-electron chi connectivity index (χ4n) is 2.24. The van der Waals surface area contributed by atoms with E-state index in [-0.39, 0.29) is 5.91 Å². The van der Waals surface area contributed by atoms with Gasteiger partial charge in [0.25, 0.3) is 5.91 Å². The number of oxazole rings is 1. The molecule has 0 radical (unpaired) electrons. The Morgan fingerprint density at radius 2 is 1.96 bits per heavy atom. The number of hydrogen-bond donors (Lipinski definition) is 1. The number of carbonyl (C=O) groups excluding carboxylic acids is 1. The minimum absolute atomic E-state index is 0.197. The number of rotatable bonds is 5. The van der Waals surface area contributed by atoms with Crippen LogP contribution < -0.4 is 5.32 Å². The van der Waals surface area contributed by atoms with Crippen molar-refractivity contribution in [3.8, 4) is 11.5 Å². The summed E-state index contributed by atoms with van der Waals surface area (Å²) in [6.45, 7) is 0.895. The van der Waals surface area contributed by atoms with Gasteiger partial charge in [0.15, 0.2) is 5.58 Å². The second kappa shape index (κ2) is 7.21. The second-order valence-electron chi connectivity index (χ2n) is 5.11. The van der Waals surface area contributed by atoms with Crippen LogP contribution in [0, 0.1) is 0 Å². The second-order valence-corrected chi connectivity index (χ2v) is 5.98. The molecule has 124 valence electrons. The summed E-state index contributed by atoms with van der Waals surface area (Å²) in [5.74, 6) is 0.198. The number of fused-ring (bicyclic) bond motifs is 1. The molecule has 0 fully saturated rings. The molecule has 1 N–H and O–H groups in total. The van der Waals surface area contributed by atoms with Gasteiger partial charge in [-0.3, -0.25) is 4.79 Å². The van der Waals surface area contributed by atoms with E-state index in [9.17, 15) is 4.79 Å². The van der Waals surface area contributed by atoms with Crippen molar-refractivity contribution in [3.63, 3.8) is 0 Å². The minimum atomic E-state index is -0.197. The maximum Gasteiger partial charge on any atom is 0.251 e. The Bertz CT molecular complexity index is 872. The summed E-state index contributed by atoms with van der Waals surface area (Å²) in [5.41, 5.74) is 2.33. The molecule has 0 aliphatic carbocycles. The third kappa shape index (κ3) is 3.70. The van der Waals surface area contributed by atoms with E-state index in [0.29, 0.717) is 51.3 Å². The molecule has 0 aliphatic rings. The first-order valence-corrected chi connectivity index (χ1v) is 7.96. The lowest BCUT2D eigenvalue weighted by molar-refractivity contribution is 0.0937. The number of aromatic nitrogens is 1. The monoisotopic (exact) mass is 364 g/mol. The van der Waals surface area contributed by atoms with Crippen LogP contribution >= 0.6 is 23.2 Å². The molecule has 0 saturated carbocycles. The van der Waals surface area contributed by atoms with Crippen LogP contribution in [0.15, 0.2) is 40.8 Å². The summed E-state index contributed by atoms with van der Waals surface area (Å²) in [6.07, 6.45) is 0. The van der Waals surface area contributed by atoms with Crippen LogP contribution in [-0.2, 0) is 4.74 Å². The van der Waals surface area contributed by atoms with Gasteiger partial charge in [0.1, 0.15) is 5.52 Å². The van der Waals surface area contributed by atoms with Crippen LogP contribution in [0.1, 0.15) is 10.4 Å². The van der Waals surface area contributed by atoms with E-state index in [4.69, 9.17) is 32.4 Å². The van der Waals surface area contributed by atoms with Crippen molar-refractivity contribution in [2.24, 2.45) is 0 Å². The quantitative estimate of drug-likeness (QED) is 0.689. The maximum atomic E-state index is 12.1. The predicted octanol–water partition coefficient (Wildman–Crippen LogP) is 4.18. The van der Waals surface area contributed by atoms with Gasteiger partial charge in [-0.2, -0.15) is 0 Å². The van der Waals surface area contributed by atoms with Gasteiger partial charge in [0.05, 0.1) is 6.61 Å². The first-order valence-electron chi connectivity index (χ1n) is 7.21. The number of carbonyl (C=O) groups is 1. The smallest absolute Gasteiger partial charge is 0.251 e. The topological polar surface area (TPSA) is 64.4 Å². The Balaban J connectivity index is 1.90. The number of halogens is 2. The Hall–Kier alpha value is -2.08. The highest BCUT2D eigenvalue weighted by Gasteiger charge is 2.12. The lowest BCUT2D eigenvalue weighted by Gasteiger charge is -2.03. The van der Waals surface area contributed by atoms with E-state index in [0.717, 1.165) is 0 Å². The lowest BCUT2D eigenvalue weighted by atomic mass is 10.2. The molecule has 3 aromatic rings. The van der Waals surface area contributed by atoms with Gasteiger partial charge in [-0.05, 0) is 36.4 Å². The highest BCUT2D eigenvalue weighted by atomic mass is 35.5. The number of benzene rings is 2. The molecule has 1 heterocycles. The van der Waals surface area contributed by atoms with Crippen LogP contribution in [0.2, 0.25) is 10.0 Å². The first-order chi connectivity index (χ1) is 11.6. The fraction of sp³-hybridized carbons (Fsp3) is 0.176. The van der Waals surface area contributed by atoms with Crippen molar-refractivity contribution in [1.82, 2.24) is 10.3 Å². The molecular formula is C17H14Cl2N2O3. The number of amides is 1. The normalized spacial score (nSPS) is 11.0. The van der Waals surface area contributed by atoms with Crippen LogP contribution in [0.4, 0.5) is 0 Å². The number of methoxy groups -OCH3 is 1.